The van der Waals surface area contributed by atoms with Gasteiger partial charge in [0.25, 0.3) is 0 Å². The van der Waals surface area contributed by atoms with Crippen molar-refractivity contribution in [3.8, 4) is 0 Å². The van der Waals surface area contributed by atoms with Gasteiger partial charge in [0.05, 0.1) is 13.2 Å². The highest BCUT2D eigenvalue weighted by atomic mass is 16.5. The van der Waals surface area contributed by atoms with Gasteiger partial charge in [0.2, 0.25) is 5.91 Å². The summed E-state index contributed by atoms with van der Waals surface area (Å²) in [6.07, 6.45) is 1.07. The van der Waals surface area contributed by atoms with Crippen LogP contribution >= 0.6 is 0 Å². The highest BCUT2D eigenvalue weighted by Gasteiger charge is 2.38. The third-order valence-corrected chi connectivity index (χ3v) is 3.74. The Hall–Kier alpha value is -0.610. The van der Waals surface area contributed by atoms with E-state index in [1.54, 1.807) is 0 Å². The molecule has 4 nitrogen and oxygen atoms in total. The Bertz CT molecular complexity index is 264. The van der Waals surface area contributed by atoms with Crippen LogP contribution < -0.4 is 5.32 Å². The van der Waals surface area contributed by atoms with E-state index in [1.165, 1.54) is 0 Å². The lowest BCUT2D eigenvalue weighted by molar-refractivity contribution is -0.122. The summed E-state index contributed by atoms with van der Waals surface area (Å²) < 4.78 is 5.32. The van der Waals surface area contributed by atoms with E-state index < -0.39 is 0 Å². The first kappa shape index (κ1) is 12.8. The van der Waals surface area contributed by atoms with Crippen molar-refractivity contribution in [1.82, 2.24) is 10.2 Å². The topological polar surface area (TPSA) is 41.6 Å². The summed E-state index contributed by atoms with van der Waals surface area (Å²) in [5.74, 6) is 1.67. The Morgan fingerprint density at radius 1 is 1.47 bits per heavy atom. The van der Waals surface area contributed by atoms with E-state index in [0.29, 0.717) is 17.8 Å². The van der Waals surface area contributed by atoms with Crippen molar-refractivity contribution >= 4 is 5.91 Å². The van der Waals surface area contributed by atoms with Crippen molar-refractivity contribution in [2.45, 2.75) is 20.3 Å². The third kappa shape index (κ3) is 3.96. The number of hydrogen-bond donors (Lipinski definition) is 1. The first-order valence-corrected chi connectivity index (χ1v) is 6.74. The number of carbonyl (C=O) groups is 1. The van der Waals surface area contributed by atoms with E-state index in [2.05, 4.69) is 24.1 Å². The van der Waals surface area contributed by atoms with E-state index in [0.717, 1.165) is 45.8 Å². The normalized spacial score (nSPS) is 30.9. The van der Waals surface area contributed by atoms with Gasteiger partial charge >= 0.3 is 0 Å². The number of nitrogens with zero attached hydrogens (tertiary/aromatic N) is 1. The molecule has 1 N–H and O–H groups in total. The molecule has 1 saturated carbocycles. The van der Waals surface area contributed by atoms with Gasteiger partial charge in [0.15, 0.2) is 0 Å². The summed E-state index contributed by atoms with van der Waals surface area (Å²) in [6.45, 7) is 9.95. The van der Waals surface area contributed by atoms with Gasteiger partial charge in [-0.3, -0.25) is 9.69 Å². The van der Waals surface area contributed by atoms with Crippen molar-refractivity contribution in [2.24, 2.45) is 17.8 Å². The molecule has 1 heterocycles. The zero-order valence-electron chi connectivity index (χ0n) is 10.9. The Morgan fingerprint density at radius 3 is 2.71 bits per heavy atom. The molecule has 1 amide bonds. The van der Waals surface area contributed by atoms with Crippen LogP contribution in [0.2, 0.25) is 0 Å². The van der Waals surface area contributed by atoms with Crippen LogP contribution in [0.4, 0.5) is 0 Å². The maximum absolute atomic E-state index is 11.7. The fourth-order valence-electron chi connectivity index (χ4n) is 2.38. The van der Waals surface area contributed by atoms with Crippen LogP contribution in [-0.2, 0) is 9.53 Å². The quantitative estimate of drug-likeness (QED) is 0.770. The van der Waals surface area contributed by atoms with Gasteiger partial charge in [0, 0.05) is 32.1 Å². The number of ether oxygens (including phenoxy) is 1. The van der Waals surface area contributed by atoms with Crippen molar-refractivity contribution < 1.29 is 9.53 Å². The van der Waals surface area contributed by atoms with E-state index >= 15 is 0 Å². The summed E-state index contributed by atoms with van der Waals surface area (Å²) >= 11 is 0. The fourth-order valence-corrected chi connectivity index (χ4v) is 2.38. The molecule has 0 aromatic carbocycles. The van der Waals surface area contributed by atoms with E-state index in [1.807, 2.05) is 0 Å². The van der Waals surface area contributed by atoms with Gasteiger partial charge in [-0.15, -0.1) is 0 Å². The van der Waals surface area contributed by atoms with E-state index in [9.17, 15) is 4.79 Å². The number of morpholine rings is 1. The summed E-state index contributed by atoms with van der Waals surface area (Å²) in [6, 6.07) is 0. The molecule has 2 rings (SSSR count). The first-order valence-electron chi connectivity index (χ1n) is 6.74. The SMILES string of the molecule is CC(CNC(=O)C1CC1C)CN1CCOCC1. The van der Waals surface area contributed by atoms with Gasteiger partial charge < -0.3 is 10.1 Å². The van der Waals surface area contributed by atoms with E-state index in [-0.39, 0.29) is 5.91 Å². The summed E-state index contributed by atoms with van der Waals surface area (Å²) in [4.78, 5) is 14.1. The number of rotatable bonds is 5. The van der Waals surface area contributed by atoms with Crippen molar-refractivity contribution in [3.05, 3.63) is 0 Å². The molecule has 3 unspecified atom stereocenters. The molecule has 0 aromatic rings. The lowest BCUT2D eigenvalue weighted by Gasteiger charge is -2.29. The molecule has 17 heavy (non-hydrogen) atoms. The second-order valence-electron chi connectivity index (χ2n) is 5.58. The minimum Gasteiger partial charge on any atom is -0.379 e. The van der Waals surface area contributed by atoms with Crippen molar-refractivity contribution in [3.63, 3.8) is 0 Å². The van der Waals surface area contributed by atoms with Crippen molar-refractivity contribution in [1.29, 1.82) is 0 Å². The molecule has 0 aromatic heterocycles. The molecule has 0 radical (unpaired) electrons. The number of nitrogens with one attached hydrogen (secondary N) is 1. The molecule has 0 spiro atoms. The highest BCUT2D eigenvalue weighted by molar-refractivity contribution is 5.81. The highest BCUT2D eigenvalue weighted by Crippen LogP contribution is 2.37. The molecule has 2 aliphatic rings. The Kier molecular flexibility index (Phi) is 4.40. The maximum Gasteiger partial charge on any atom is 0.223 e. The molecule has 98 valence electrons. The molecule has 1 aliphatic heterocycles. The molecular formula is C13H24N2O2. The van der Waals surface area contributed by atoms with Gasteiger partial charge in [-0.2, -0.15) is 0 Å². The van der Waals surface area contributed by atoms with Crippen LogP contribution in [0.15, 0.2) is 0 Å². The first-order chi connectivity index (χ1) is 8.16. The van der Waals surface area contributed by atoms with Gasteiger partial charge in [-0.1, -0.05) is 13.8 Å². The van der Waals surface area contributed by atoms with E-state index in [4.69, 9.17) is 4.74 Å². The second kappa shape index (κ2) is 5.83. The Labute approximate surface area is 104 Å². The minimum atomic E-state index is 0.256. The van der Waals surface area contributed by atoms with Crippen LogP contribution in [0.25, 0.3) is 0 Å². The summed E-state index contributed by atoms with van der Waals surface area (Å²) in [5, 5.41) is 3.07. The number of amides is 1. The minimum absolute atomic E-state index is 0.256. The van der Waals surface area contributed by atoms with Gasteiger partial charge in [-0.05, 0) is 18.3 Å². The van der Waals surface area contributed by atoms with Crippen LogP contribution in [0, 0.1) is 17.8 Å². The maximum atomic E-state index is 11.7. The molecule has 2 fully saturated rings. The summed E-state index contributed by atoms with van der Waals surface area (Å²) in [5.41, 5.74) is 0. The lowest BCUT2D eigenvalue weighted by atomic mass is 10.1. The average Bonchev–Trinajstić information content (AvgIpc) is 3.05. The molecule has 4 heteroatoms. The standard InChI is InChI=1S/C13H24N2O2/c1-10(9-15-3-5-17-6-4-15)8-14-13(16)12-7-11(12)2/h10-12H,3-9H2,1-2H3,(H,14,16). The monoisotopic (exact) mass is 240 g/mol. The smallest absolute Gasteiger partial charge is 0.223 e. The van der Waals surface area contributed by atoms with Gasteiger partial charge in [0.1, 0.15) is 0 Å². The number of carbonyl (C=O) groups excluding carboxylic acids is 1. The lowest BCUT2D eigenvalue weighted by Crippen LogP contribution is -2.41. The fraction of sp³-hybridized carbons (Fsp3) is 0.923. The number of hydrogen-bond acceptors (Lipinski definition) is 3. The van der Waals surface area contributed by atoms with Crippen molar-refractivity contribution in [2.75, 3.05) is 39.4 Å². The van der Waals surface area contributed by atoms with Crippen LogP contribution in [-0.4, -0.2) is 50.2 Å². The summed E-state index contributed by atoms with van der Waals surface area (Å²) in [7, 11) is 0. The zero-order chi connectivity index (χ0) is 12.3. The molecule has 0 bridgehead atoms. The van der Waals surface area contributed by atoms with Crippen LogP contribution in [0.1, 0.15) is 20.3 Å². The van der Waals surface area contributed by atoms with Crippen LogP contribution in [0.3, 0.4) is 0 Å². The van der Waals surface area contributed by atoms with Gasteiger partial charge in [-0.25, -0.2) is 0 Å². The molecule has 1 aliphatic carbocycles. The van der Waals surface area contributed by atoms with Crippen LogP contribution in [0.5, 0.6) is 0 Å². The second-order valence-corrected chi connectivity index (χ2v) is 5.58. The molecule has 1 saturated heterocycles. The third-order valence-electron chi connectivity index (χ3n) is 3.74. The zero-order valence-corrected chi connectivity index (χ0v) is 10.9. The molecular weight excluding hydrogens is 216 g/mol. The Balaban J connectivity index is 1.59. The predicted octanol–water partition coefficient (Wildman–Crippen LogP) is 0.727. The largest absolute Gasteiger partial charge is 0.379 e. The Morgan fingerprint density at radius 2 is 2.12 bits per heavy atom. The average molecular weight is 240 g/mol. The molecule has 3 atom stereocenters. The predicted molar refractivity (Wildman–Crippen MR) is 66.7 cm³/mol.